The molecule has 5 aliphatic rings. The van der Waals surface area contributed by atoms with E-state index in [0.29, 0.717) is 24.2 Å². The molecule has 0 spiro atoms. The molecule has 4 saturated carbocycles. The molecule has 7 heteroatoms. The number of hydrogen-bond acceptors (Lipinski definition) is 4. The summed E-state index contributed by atoms with van der Waals surface area (Å²) in [6.07, 6.45) is 9.09. The van der Waals surface area contributed by atoms with Crippen molar-refractivity contribution in [1.82, 2.24) is 14.3 Å². The first-order chi connectivity index (χ1) is 17.4. The van der Waals surface area contributed by atoms with Gasteiger partial charge in [0.05, 0.1) is 36.1 Å². The molecular formula is C29H33N3O3S. The molecule has 3 aromatic rings. The maximum absolute atomic E-state index is 13.1. The van der Waals surface area contributed by atoms with Gasteiger partial charge in [-0.15, -0.1) is 0 Å². The molecule has 1 aliphatic heterocycles. The molecule has 36 heavy (non-hydrogen) atoms. The Bertz CT molecular complexity index is 1370. The first kappa shape index (κ1) is 22.7. The van der Waals surface area contributed by atoms with Crippen molar-refractivity contribution in [3.63, 3.8) is 0 Å². The summed E-state index contributed by atoms with van der Waals surface area (Å²) in [7, 11) is -3.42. The Morgan fingerprint density at radius 2 is 1.75 bits per heavy atom. The predicted octanol–water partition coefficient (Wildman–Crippen LogP) is 4.52. The van der Waals surface area contributed by atoms with Gasteiger partial charge in [0.15, 0.2) is 0 Å². The molecular weight excluding hydrogens is 470 g/mol. The van der Waals surface area contributed by atoms with Gasteiger partial charge in [-0.2, -0.15) is 0 Å². The van der Waals surface area contributed by atoms with Crippen molar-refractivity contribution in [1.29, 1.82) is 0 Å². The van der Waals surface area contributed by atoms with Crippen LogP contribution >= 0.6 is 0 Å². The Hall–Kier alpha value is -2.48. The van der Waals surface area contributed by atoms with Crippen LogP contribution < -0.4 is 4.72 Å². The Labute approximate surface area is 212 Å². The fourth-order valence-corrected chi connectivity index (χ4v) is 9.88. The lowest BCUT2D eigenvalue weighted by Gasteiger charge is -2.61. The van der Waals surface area contributed by atoms with Crippen molar-refractivity contribution in [3.05, 3.63) is 78.2 Å². The zero-order valence-corrected chi connectivity index (χ0v) is 21.1. The number of aliphatic hydroxyl groups excluding tert-OH is 1. The van der Waals surface area contributed by atoms with Crippen LogP contribution in [0, 0.1) is 23.2 Å². The molecule has 4 atom stereocenters. The average Bonchev–Trinajstić information content (AvgIpc) is 3.44. The van der Waals surface area contributed by atoms with E-state index in [9.17, 15) is 13.5 Å². The highest BCUT2D eigenvalue weighted by Crippen LogP contribution is 2.62. The highest BCUT2D eigenvalue weighted by molar-refractivity contribution is 7.88. The molecule has 2 N–H and O–H groups in total. The second-order valence-electron chi connectivity index (χ2n) is 11.8. The lowest BCUT2D eigenvalue weighted by molar-refractivity contribution is -0.134. The Morgan fingerprint density at radius 3 is 2.53 bits per heavy atom. The van der Waals surface area contributed by atoms with Gasteiger partial charge in [0.2, 0.25) is 10.0 Å². The number of aromatic nitrogens is 2. The van der Waals surface area contributed by atoms with Crippen molar-refractivity contribution < 1.29 is 13.5 Å². The molecule has 0 amide bonds. The molecule has 0 saturated heterocycles. The molecule has 8 rings (SSSR count). The molecule has 4 unspecified atom stereocenters. The highest BCUT2D eigenvalue weighted by Gasteiger charge is 2.58. The molecule has 2 aromatic carbocycles. The number of fused-ring (bicyclic) bond motifs is 3. The van der Waals surface area contributed by atoms with Gasteiger partial charge in [-0.05, 0) is 72.8 Å². The maximum Gasteiger partial charge on any atom is 0.216 e. The van der Waals surface area contributed by atoms with Crippen LogP contribution in [0.2, 0.25) is 0 Å². The van der Waals surface area contributed by atoms with Crippen LogP contribution in [0.15, 0.2) is 67.1 Å². The number of imidazole rings is 1. The van der Waals surface area contributed by atoms with Gasteiger partial charge < -0.3 is 9.67 Å². The smallest absolute Gasteiger partial charge is 0.216 e. The van der Waals surface area contributed by atoms with Crippen LogP contribution in [-0.4, -0.2) is 35.2 Å². The molecule has 1 aromatic heterocycles. The van der Waals surface area contributed by atoms with Crippen molar-refractivity contribution in [2.45, 2.75) is 62.5 Å². The van der Waals surface area contributed by atoms with Gasteiger partial charge in [0.1, 0.15) is 0 Å². The van der Waals surface area contributed by atoms with Crippen molar-refractivity contribution in [2.24, 2.45) is 23.2 Å². The lowest BCUT2D eigenvalue weighted by atomic mass is 9.46. The van der Waals surface area contributed by atoms with Crippen LogP contribution in [0.25, 0.3) is 11.3 Å². The number of rotatable bonds is 7. The van der Waals surface area contributed by atoms with Gasteiger partial charge >= 0.3 is 0 Å². The van der Waals surface area contributed by atoms with Gasteiger partial charge in [0, 0.05) is 11.6 Å². The van der Waals surface area contributed by atoms with E-state index >= 15 is 0 Å². The summed E-state index contributed by atoms with van der Waals surface area (Å²) in [4.78, 5) is 4.38. The summed E-state index contributed by atoms with van der Waals surface area (Å²) in [5.74, 6) is 1.22. The summed E-state index contributed by atoms with van der Waals surface area (Å²) >= 11 is 0. The van der Waals surface area contributed by atoms with Crippen molar-refractivity contribution >= 4 is 10.0 Å². The van der Waals surface area contributed by atoms with Crippen LogP contribution in [-0.2, 0) is 15.8 Å². The normalized spacial score (nSPS) is 32.9. The molecule has 4 aliphatic carbocycles. The summed E-state index contributed by atoms with van der Waals surface area (Å²) in [5.41, 5.74) is 4.31. The van der Waals surface area contributed by atoms with Crippen LogP contribution in [0.5, 0.6) is 0 Å². The zero-order chi connectivity index (χ0) is 24.5. The highest BCUT2D eigenvalue weighted by atomic mass is 32.2. The number of sulfonamides is 1. The van der Waals surface area contributed by atoms with E-state index in [0.717, 1.165) is 43.4 Å². The van der Waals surface area contributed by atoms with E-state index in [-0.39, 0.29) is 23.3 Å². The predicted molar refractivity (Wildman–Crippen MR) is 138 cm³/mol. The summed E-state index contributed by atoms with van der Waals surface area (Å²) in [6.45, 7) is 0. The van der Waals surface area contributed by atoms with E-state index in [4.69, 9.17) is 0 Å². The van der Waals surface area contributed by atoms with Gasteiger partial charge in [-0.1, -0.05) is 54.6 Å². The number of benzene rings is 2. The van der Waals surface area contributed by atoms with Gasteiger partial charge in [0.25, 0.3) is 0 Å². The van der Waals surface area contributed by atoms with Crippen molar-refractivity contribution in [2.75, 3.05) is 0 Å². The quantitative estimate of drug-likeness (QED) is 0.497. The second kappa shape index (κ2) is 8.27. The number of nitrogens with one attached hydrogen (secondary N) is 1. The average molecular weight is 504 g/mol. The van der Waals surface area contributed by atoms with E-state index < -0.39 is 16.1 Å². The minimum Gasteiger partial charge on any atom is -0.392 e. The third-order valence-corrected chi connectivity index (χ3v) is 10.9. The largest absolute Gasteiger partial charge is 0.392 e. The standard InChI is InChI=1S/C29H33N3O3S/c33-27(12-25-23-8-4-5-9-24(23)26-16-30-18-32(25)26)29-13-20-10-21(14-29)28(22(11-20)15-29)31-36(34,35)17-19-6-2-1-3-7-19/h1-9,16,18,20-22,25,27-28,31,33H,10-15,17H2. The van der Waals surface area contributed by atoms with E-state index in [1.807, 2.05) is 42.9 Å². The number of hydrogen-bond donors (Lipinski definition) is 2. The SMILES string of the molecule is O=S(=O)(Cc1ccccc1)NC1C2CC3CC1CC(C(O)CC1c4ccccc4-c4cncn41)(C3)C2. The van der Waals surface area contributed by atoms with E-state index in [2.05, 4.69) is 38.5 Å². The minimum atomic E-state index is -3.42. The molecule has 188 valence electrons. The van der Waals surface area contributed by atoms with Gasteiger partial charge in [-0.25, -0.2) is 18.1 Å². The van der Waals surface area contributed by atoms with E-state index in [1.54, 1.807) is 0 Å². The Morgan fingerprint density at radius 1 is 1.03 bits per heavy atom. The fraction of sp³-hybridized carbons (Fsp3) is 0.483. The topological polar surface area (TPSA) is 84.2 Å². The summed E-state index contributed by atoms with van der Waals surface area (Å²) in [5, 5.41) is 11.8. The van der Waals surface area contributed by atoms with Crippen LogP contribution in [0.4, 0.5) is 0 Å². The van der Waals surface area contributed by atoms with Gasteiger partial charge in [-0.3, -0.25) is 0 Å². The molecule has 4 bridgehead atoms. The zero-order valence-electron chi connectivity index (χ0n) is 20.3. The molecule has 0 radical (unpaired) electrons. The Balaban J connectivity index is 1.10. The monoisotopic (exact) mass is 503 g/mol. The third kappa shape index (κ3) is 3.66. The Kier molecular flexibility index (Phi) is 5.21. The molecule has 6 nitrogen and oxygen atoms in total. The second-order valence-corrected chi connectivity index (χ2v) is 13.5. The minimum absolute atomic E-state index is 0.0111. The van der Waals surface area contributed by atoms with E-state index in [1.165, 1.54) is 11.1 Å². The first-order valence-electron chi connectivity index (χ1n) is 13.2. The van der Waals surface area contributed by atoms with Crippen LogP contribution in [0.3, 0.4) is 0 Å². The molecule has 4 fully saturated rings. The third-order valence-electron chi connectivity index (χ3n) is 9.59. The van der Waals surface area contributed by atoms with Crippen molar-refractivity contribution in [3.8, 4) is 11.3 Å². The fourth-order valence-electron chi connectivity index (χ4n) is 8.36. The summed E-state index contributed by atoms with van der Waals surface area (Å²) < 4.78 is 31.5. The first-order valence-corrected chi connectivity index (χ1v) is 14.9. The lowest BCUT2D eigenvalue weighted by Crippen LogP contribution is -2.61. The number of nitrogens with zero attached hydrogens (tertiary/aromatic N) is 2. The van der Waals surface area contributed by atoms with Crippen LogP contribution in [0.1, 0.15) is 55.7 Å². The summed E-state index contributed by atoms with van der Waals surface area (Å²) in [6, 6.07) is 18.0. The maximum atomic E-state index is 13.1. The molecule has 2 heterocycles. The number of aliphatic hydroxyl groups is 1.